The largest absolute Gasteiger partial charge is 0.823 e. The number of unbranched alkanes of at least 4 members (excludes halogenated alkanes) is 1. The Kier molecular flexibility index (Phi) is 8.18. The molecular weight excluding hydrogens is 327 g/mol. The Labute approximate surface area is 153 Å². The number of ether oxygens (including phenoxy) is 1. The van der Waals surface area contributed by atoms with Gasteiger partial charge in [-0.1, -0.05) is 71.6 Å². The summed E-state index contributed by atoms with van der Waals surface area (Å²) >= 11 is 0. The number of hydrogen-bond acceptors (Lipinski definition) is 2. The van der Waals surface area contributed by atoms with Crippen molar-refractivity contribution < 1.29 is 9.84 Å². The zero-order chi connectivity index (χ0) is 18.1. The van der Waals surface area contributed by atoms with E-state index >= 15 is 0 Å². The lowest BCUT2D eigenvalue weighted by Crippen LogP contribution is -2.18. The van der Waals surface area contributed by atoms with Gasteiger partial charge in [-0.2, -0.15) is 0 Å². The first kappa shape index (κ1) is 19.7. The molecule has 0 bridgehead atoms. The van der Waals surface area contributed by atoms with Gasteiger partial charge in [-0.3, -0.25) is 0 Å². The van der Waals surface area contributed by atoms with Crippen LogP contribution in [0.5, 0.6) is 5.75 Å². The van der Waals surface area contributed by atoms with Crippen LogP contribution in [0.4, 0.5) is 0 Å². The predicted octanol–water partition coefficient (Wildman–Crippen LogP) is 4.70. The van der Waals surface area contributed by atoms with E-state index in [-0.39, 0.29) is 5.48 Å². The summed E-state index contributed by atoms with van der Waals surface area (Å²) in [6.45, 7) is 7.27. The number of hydrogen-bond donors (Lipinski definition) is 0. The molecule has 0 radical (unpaired) electrons. The van der Waals surface area contributed by atoms with E-state index in [4.69, 9.17) is 4.74 Å². The van der Waals surface area contributed by atoms with Gasteiger partial charge in [0.1, 0.15) is 5.75 Å². The second kappa shape index (κ2) is 10.4. The quantitative estimate of drug-likeness (QED) is 0.611. The molecule has 134 valence electrons. The molecule has 1 atom stereocenters. The average molecular weight is 355 g/mol. The highest BCUT2D eigenvalue weighted by atomic mass is 31.1. The molecule has 2 nitrogen and oxygen atoms in total. The van der Waals surface area contributed by atoms with Crippen LogP contribution in [0.25, 0.3) is 0 Å². The van der Waals surface area contributed by atoms with Crippen LogP contribution in [-0.2, 0) is 0 Å². The zero-order valence-electron chi connectivity index (χ0n) is 15.5. The third kappa shape index (κ3) is 6.30. The first-order valence-electron chi connectivity index (χ1n) is 9.18. The molecule has 0 fully saturated rings. The molecule has 0 N–H and O–H groups in total. The molecule has 0 saturated carbocycles. The normalized spacial score (nSPS) is 12.9. The molecule has 0 spiro atoms. The zero-order valence-corrected chi connectivity index (χ0v) is 16.4. The van der Waals surface area contributed by atoms with Gasteiger partial charge < -0.3 is 9.84 Å². The number of aryl methyl sites for hydroxylation is 1. The summed E-state index contributed by atoms with van der Waals surface area (Å²) < 4.78 is 5.99. The van der Waals surface area contributed by atoms with Gasteiger partial charge in [0.05, 0.1) is 6.61 Å². The molecule has 3 heteroatoms. The van der Waals surface area contributed by atoms with E-state index in [0.29, 0.717) is 14.1 Å². The summed E-state index contributed by atoms with van der Waals surface area (Å²) in [5.74, 6) is 1.52. The van der Waals surface area contributed by atoms with E-state index in [9.17, 15) is 5.11 Å². The van der Waals surface area contributed by atoms with Crippen LogP contribution in [0.2, 0.25) is 0 Å². The van der Waals surface area contributed by atoms with Crippen molar-refractivity contribution in [2.75, 3.05) is 6.61 Å². The Hall–Kier alpha value is -1.63. The molecule has 2 aromatic carbocycles. The molecular formula is C22H28O2P-. The van der Waals surface area contributed by atoms with Gasteiger partial charge in [-0.05, 0) is 48.6 Å². The Morgan fingerprint density at radius 1 is 1.12 bits per heavy atom. The SMILES string of the molecule is CCCCC(CC)COc1ccc(P=C([O-])c2ccccc2)c(C)c1. The van der Waals surface area contributed by atoms with Crippen LogP contribution in [0.15, 0.2) is 48.5 Å². The molecule has 0 saturated heterocycles. The second-order valence-corrected chi connectivity index (χ2v) is 7.57. The monoisotopic (exact) mass is 355 g/mol. The van der Waals surface area contributed by atoms with Crippen LogP contribution in [-0.4, -0.2) is 12.1 Å². The lowest BCUT2D eigenvalue weighted by Gasteiger charge is -2.17. The molecule has 0 aromatic heterocycles. The second-order valence-electron chi connectivity index (χ2n) is 6.46. The van der Waals surface area contributed by atoms with E-state index in [2.05, 4.69) is 13.8 Å². The Morgan fingerprint density at radius 2 is 1.88 bits per heavy atom. The highest BCUT2D eigenvalue weighted by molar-refractivity contribution is 7.49. The van der Waals surface area contributed by atoms with E-state index < -0.39 is 0 Å². The minimum absolute atomic E-state index is 0.128. The van der Waals surface area contributed by atoms with Gasteiger partial charge >= 0.3 is 0 Å². The van der Waals surface area contributed by atoms with Crippen molar-refractivity contribution in [3.63, 3.8) is 0 Å². The topological polar surface area (TPSA) is 32.3 Å². The van der Waals surface area contributed by atoms with Gasteiger partial charge in [0, 0.05) is 5.30 Å². The standard InChI is InChI=1S/C22H29O2P/c1-4-6-10-18(5-2)16-24-20-13-14-21(17(3)15-20)25-22(23)19-11-8-7-9-12-19/h7-9,11-15,18,23H,4-6,10,16H2,1-3H3/p-1. The number of rotatable bonds is 9. The van der Waals surface area contributed by atoms with Gasteiger partial charge in [-0.15, -0.1) is 5.48 Å². The summed E-state index contributed by atoms with van der Waals surface area (Å²) in [5, 5.41) is 13.4. The lowest BCUT2D eigenvalue weighted by molar-refractivity contribution is -0.207. The Balaban J connectivity index is 2.03. The fourth-order valence-electron chi connectivity index (χ4n) is 2.71. The summed E-state index contributed by atoms with van der Waals surface area (Å²) in [6.07, 6.45) is 4.88. The average Bonchev–Trinajstić information content (AvgIpc) is 2.64. The lowest BCUT2D eigenvalue weighted by atomic mass is 10.0. The van der Waals surface area contributed by atoms with Crippen LogP contribution >= 0.6 is 8.20 Å². The van der Waals surface area contributed by atoms with Crippen LogP contribution in [0, 0.1) is 12.8 Å². The molecule has 0 aliphatic rings. The van der Waals surface area contributed by atoms with E-state index in [1.165, 1.54) is 19.3 Å². The van der Waals surface area contributed by atoms with Gasteiger partial charge in [-0.25, -0.2) is 0 Å². The maximum absolute atomic E-state index is 12.4. The van der Waals surface area contributed by atoms with Crippen molar-refractivity contribution in [2.45, 2.75) is 46.5 Å². The van der Waals surface area contributed by atoms with Crippen LogP contribution in [0.1, 0.15) is 50.7 Å². The molecule has 25 heavy (non-hydrogen) atoms. The molecule has 2 aromatic rings. The molecule has 0 aliphatic heterocycles. The van der Waals surface area contributed by atoms with Crippen molar-refractivity contribution >= 4 is 19.0 Å². The maximum atomic E-state index is 12.4. The smallest absolute Gasteiger partial charge is 0.119 e. The van der Waals surface area contributed by atoms with Crippen molar-refractivity contribution in [3.05, 3.63) is 59.7 Å². The van der Waals surface area contributed by atoms with Gasteiger partial charge in [0.25, 0.3) is 0 Å². The Morgan fingerprint density at radius 3 is 2.52 bits per heavy atom. The highest BCUT2D eigenvalue weighted by Gasteiger charge is 2.07. The fourth-order valence-corrected chi connectivity index (χ4v) is 3.60. The molecule has 0 aliphatic carbocycles. The van der Waals surface area contributed by atoms with Gasteiger partial charge in [0.2, 0.25) is 0 Å². The summed E-state index contributed by atoms with van der Waals surface area (Å²) in [7, 11) is 0.716. The van der Waals surface area contributed by atoms with Crippen LogP contribution < -0.4 is 15.1 Å². The molecule has 2 rings (SSSR count). The van der Waals surface area contributed by atoms with Gasteiger partial charge in [0.15, 0.2) is 0 Å². The first-order valence-corrected chi connectivity index (χ1v) is 10.1. The third-order valence-electron chi connectivity index (χ3n) is 4.44. The minimum atomic E-state index is 0.128. The third-order valence-corrected chi connectivity index (χ3v) is 5.64. The maximum Gasteiger partial charge on any atom is 0.119 e. The van der Waals surface area contributed by atoms with Crippen molar-refractivity contribution in [1.82, 2.24) is 0 Å². The van der Waals surface area contributed by atoms with E-state index in [0.717, 1.165) is 35.2 Å². The summed E-state index contributed by atoms with van der Waals surface area (Å²) in [5.41, 5.74) is 1.98. The van der Waals surface area contributed by atoms with Crippen molar-refractivity contribution in [3.8, 4) is 5.75 Å². The number of benzene rings is 2. The summed E-state index contributed by atoms with van der Waals surface area (Å²) in [6, 6.07) is 15.5. The highest BCUT2D eigenvalue weighted by Crippen LogP contribution is 2.19. The minimum Gasteiger partial charge on any atom is -0.823 e. The van der Waals surface area contributed by atoms with E-state index in [1.54, 1.807) is 0 Å². The Bertz CT molecular complexity index is 680. The summed E-state index contributed by atoms with van der Waals surface area (Å²) in [4.78, 5) is 0. The van der Waals surface area contributed by atoms with Crippen molar-refractivity contribution in [2.24, 2.45) is 5.92 Å². The molecule has 1 unspecified atom stereocenters. The van der Waals surface area contributed by atoms with Crippen molar-refractivity contribution in [1.29, 1.82) is 0 Å². The molecule has 0 amide bonds. The fraction of sp³-hybridized carbons (Fsp3) is 0.409. The van der Waals surface area contributed by atoms with Crippen LogP contribution in [0.3, 0.4) is 0 Å². The molecule has 0 heterocycles. The predicted molar refractivity (Wildman–Crippen MR) is 107 cm³/mol. The first-order chi connectivity index (χ1) is 12.1. The van der Waals surface area contributed by atoms with E-state index in [1.807, 2.05) is 55.5 Å².